The summed E-state index contributed by atoms with van der Waals surface area (Å²) in [4.78, 5) is 14.8. The lowest BCUT2D eigenvalue weighted by atomic mass is 10.1. The number of nitrogens with zero attached hydrogens (tertiary/aromatic N) is 1. The first-order chi connectivity index (χ1) is 11.9. The van der Waals surface area contributed by atoms with E-state index in [1.807, 2.05) is 4.90 Å². The molecule has 3 unspecified atom stereocenters. The summed E-state index contributed by atoms with van der Waals surface area (Å²) in [5, 5.41) is 3.54. The molecule has 0 saturated carbocycles. The molecule has 2 bridgehead atoms. The lowest BCUT2D eigenvalue weighted by Gasteiger charge is -2.27. The van der Waals surface area contributed by atoms with E-state index in [1.165, 1.54) is 25.7 Å². The molecule has 8 heteroatoms. The van der Waals surface area contributed by atoms with Gasteiger partial charge in [-0.2, -0.15) is 0 Å². The predicted octanol–water partition coefficient (Wildman–Crippen LogP) is 1.88. The Morgan fingerprint density at radius 1 is 1.23 bits per heavy atom. The lowest BCUT2D eigenvalue weighted by molar-refractivity contribution is -0.134. The van der Waals surface area contributed by atoms with Gasteiger partial charge in [-0.3, -0.25) is 4.79 Å². The average Bonchev–Trinajstić information content (AvgIpc) is 2.93. The third-order valence-corrected chi connectivity index (χ3v) is 7.07. The summed E-state index contributed by atoms with van der Waals surface area (Å²) in [6, 6.07) is 7.15. The molecule has 26 heavy (non-hydrogen) atoms. The molecule has 3 atom stereocenters. The van der Waals surface area contributed by atoms with E-state index < -0.39 is 15.8 Å². The van der Waals surface area contributed by atoms with E-state index >= 15 is 0 Å². The monoisotopic (exact) mass is 402 g/mol. The Kier molecular flexibility index (Phi) is 6.93. The van der Waals surface area contributed by atoms with Crippen LogP contribution in [-0.2, 0) is 14.6 Å². The lowest BCUT2D eigenvalue weighted by Crippen LogP contribution is -2.42. The Morgan fingerprint density at radius 2 is 1.88 bits per heavy atom. The van der Waals surface area contributed by atoms with Crippen molar-refractivity contribution in [3.8, 4) is 5.75 Å². The van der Waals surface area contributed by atoms with Crippen LogP contribution in [0.2, 0.25) is 0 Å². The van der Waals surface area contributed by atoms with Crippen molar-refractivity contribution in [1.82, 2.24) is 10.2 Å². The number of amides is 1. The Labute approximate surface area is 161 Å². The average molecular weight is 403 g/mol. The van der Waals surface area contributed by atoms with Gasteiger partial charge in [-0.05, 0) is 43.5 Å². The maximum atomic E-state index is 12.8. The molecule has 2 heterocycles. The molecule has 0 aromatic heterocycles. The molecule has 2 aliphatic rings. The summed E-state index contributed by atoms with van der Waals surface area (Å²) in [6.45, 7) is 3.10. The fourth-order valence-corrected chi connectivity index (χ4v) is 5.28. The quantitative estimate of drug-likeness (QED) is 0.813. The smallest absolute Gasteiger partial charge is 0.226 e. The maximum absolute atomic E-state index is 12.8. The minimum Gasteiger partial charge on any atom is -0.497 e. The molecule has 2 aliphatic heterocycles. The number of hydrogen-bond donors (Lipinski definition) is 1. The molecule has 2 fully saturated rings. The van der Waals surface area contributed by atoms with Crippen molar-refractivity contribution in [2.24, 2.45) is 5.92 Å². The number of nitrogens with one attached hydrogen (secondary N) is 1. The zero-order chi connectivity index (χ0) is 18.0. The highest BCUT2D eigenvalue weighted by molar-refractivity contribution is 7.91. The van der Waals surface area contributed by atoms with Crippen LogP contribution in [0.4, 0.5) is 0 Å². The molecule has 6 nitrogen and oxygen atoms in total. The second-order valence-corrected chi connectivity index (χ2v) is 9.10. The minimum atomic E-state index is -3.51. The fraction of sp³-hybridized carbons (Fsp3) is 0.611. The van der Waals surface area contributed by atoms with E-state index in [2.05, 4.69) is 5.32 Å². The fourth-order valence-electron chi connectivity index (χ4n) is 3.73. The molecule has 1 aromatic rings. The van der Waals surface area contributed by atoms with E-state index in [4.69, 9.17) is 4.74 Å². The molecule has 3 rings (SSSR count). The number of halogens is 1. The first kappa shape index (κ1) is 21.0. The molecule has 1 N–H and O–H groups in total. The van der Waals surface area contributed by atoms with Gasteiger partial charge in [0.2, 0.25) is 5.91 Å². The molecule has 1 amide bonds. The summed E-state index contributed by atoms with van der Waals surface area (Å²) in [6.07, 6.45) is 3.21. The van der Waals surface area contributed by atoms with E-state index in [1.54, 1.807) is 19.1 Å². The van der Waals surface area contributed by atoms with Crippen molar-refractivity contribution < 1.29 is 17.9 Å². The number of methoxy groups -OCH3 is 1. The molecule has 0 spiro atoms. The van der Waals surface area contributed by atoms with E-state index in [-0.39, 0.29) is 29.0 Å². The number of rotatable bonds is 5. The Bertz CT molecular complexity index is 723. The SMILES string of the molecule is COc1ccc(S(=O)(=O)CC(C)C(=O)N2CCC3CCC(C2)N3)cc1.Cl. The van der Waals surface area contributed by atoms with Crippen molar-refractivity contribution in [2.75, 3.05) is 26.0 Å². The number of carbonyl (C=O) groups excluding carboxylic acids is 1. The highest BCUT2D eigenvalue weighted by atomic mass is 35.5. The topological polar surface area (TPSA) is 75.7 Å². The first-order valence-electron chi connectivity index (χ1n) is 8.80. The van der Waals surface area contributed by atoms with Crippen LogP contribution in [0.25, 0.3) is 0 Å². The molecular weight excluding hydrogens is 376 g/mol. The Morgan fingerprint density at radius 3 is 2.54 bits per heavy atom. The largest absolute Gasteiger partial charge is 0.497 e. The van der Waals surface area contributed by atoms with Gasteiger partial charge in [-0.1, -0.05) is 6.92 Å². The van der Waals surface area contributed by atoms with Crippen molar-refractivity contribution >= 4 is 28.2 Å². The minimum absolute atomic E-state index is 0. The molecule has 1 aromatic carbocycles. The summed E-state index contributed by atoms with van der Waals surface area (Å²) in [5.41, 5.74) is 0. The summed E-state index contributed by atoms with van der Waals surface area (Å²) in [7, 11) is -1.97. The van der Waals surface area contributed by atoms with E-state index in [0.29, 0.717) is 30.9 Å². The van der Waals surface area contributed by atoms with Crippen LogP contribution in [0.15, 0.2) is 29.2 Å². The number of fused-ring (bicyclic) bond motifs is 2. The third-order valence-electron chi connectivity index (χ3n) is 5.14. The predicted molar refractivity (Wildman–Crippen MR) is 103 cm³/mol. The maximum Gasteiger partial charge on any atom is 0.226 e. The molecular formula is C18H27ClN2O4S. The van der Waals surface area contributed by atoms with Crippen LogP contribution >= 0.6 is 12.4 Å². The summed E-state index contributed by atoms with van der Waals surface area (Å²) >= 11 is 0. The first-order valence-corrected chi connectivity index (χ1v) is 10.5. The van der Waals surface area contributed by atoms with Crippen LogP contribution in [0.5, 0.6) is 5.75 Å². The van der Waals surface area contributed by atoms with E-state index in [0.717, 1.165) is 12.8 Å². The molecule has 0 aliphatic carbocycles. The molecule has 2 saturated heterocycles. The van der Waals surface area contributed by atoms with Gasteiger partial charge in [0, 0.05) is 31.1 Å². The highest BCUT2D eigenvalue weighted by Gasteiger charge is 2.33. The van der Waals surface area contributed by atoms with Gasteiger partial charge in [0.15, 0.2) is 9.84 Å². The van der Waals surface area contributed by atoms with Gasteiger partial charge in [0.05, 0.1) is 17.8 Å². The zero-order valence-corrected chi connectivity index (χ0v) is 16.8. The summed E-state index contributed by atoms with van der Waals surface area (Å²) in [5.74, 6) is -0.179. The number of carbonyl (C=O) groups is 1. The van der Waals surface area contributed by atoms with Crippen LogP contribution in [0.1, 0.15) is 26.2 Å². The number of likely N-dealkylation sites (tertiary alicyclic amines) is 1. The van der Waals surface area contributed by atoms with Crippen molar-refractivity contribution in [2.45, 2.75) is 43.2 Å². The van der Waals surface area contributed by atoms with Crippen LogP contribution in [-0.4, -0.2) is 57.3 Å². The summed E-state index contributed by atoms with van der Waals surface area (Å²) < 4.78 is 30.3. The van der Waals surface area contributed by atoms with Crippen LogP contribution in [0, 0.1) is 5.92 Å². The second-order valence-electron chi connectivity index (χ2n) is 7.07. The number of ether oxygens (including phenoxy) is 1. The Hall–Kier alpha value is -1.31. The standard InChI is InChI=1S/C18H26N2O4S.ClH/c1-13(12-25(22,23)17-7-5-16(24-2)6-8-17)18(21)20-10-9-14-3-4-15(11-20)19-14;/h5-8,13-15,19H,3-4,9-12H2,1-2H3;1H. The van der Waals surface area contributed by atoms with Crippen LogP contribution < -0.4 is 10.1 Å². The van der Waals surface area contributed by atoms with Gasteiger partial charge < -0.3 is 15.0 Å². The van der Waals surface area contributed by atoms with Crippen molar-refractivity contribution in [1.29, 1.82) is 0 Å². The van der Waals surface area contributed by atoms with Gasteiger partial charge in [-0.25, -0.2) is 8.42 Å². The highest BCUT2D eigenvalue weighted by Crippen LogP contribution is 2.23. The third kappa shape index (κ3) is 4.69. The van der Waals surface area contributed by atoms with Gasteiger partial charge in [0.25, 0.3) is 0 Å². The zero-order valence-electron chi connectivity index (χ0n) is 15.2. The van der Waals surface area contributed by atoms with Gasteiger partial charge in [-0.15, -0.1) is 12.4 Å². The molecule has 146 valence electrons. The number of hydrogen-bond acceptors (Lipinski definition) is 5. The van der Waals surface area contributed by atoms with Gasteiger partial charge >= 0.3 is 0 Å². The number of sulfone groups is 1. The number of benzene rings is 1. The van der Waals surface area contributed by atoms with Crippen molar-refractivity contribution in [3.63, 3.8) is 0 Å². The van der Waals surface area contributed by atoms with E-state index in [9.17, 15) is 13.2 Å². The van der Waals surface area contributed by atoms with Crippen LogP contribution in [0.3, 0.4) is 0 Å². The Balaban J connectivity index is 0.00000243. The second kappa shape index (κ2) is 8.59. The normalized spacial score (nSPS) is 23.7. The van der Waals surface area contributed by atoms with Gasteiger partial charge in [0.1, 0.15) is 5.75 Å². The van der Waals surface area contributed by atoms with Crippen molar-refractivity contribution in [3.05, 3.63) is 24.3 Å². The molecule has 0 radical (unpaired) electrons.